The Bertz CT molecular complexity index is 529. The molecule has 0 bridgehead atoms. The molecular formula is C17H17F2. The molecule has 2 aromatic rings. The molecule has 0 aromatic heterocycles. The Morgan fingerprint density at radius 1 is 1.00 bits per heavy atom. The lowest BCUT2D eigenvalue weighted by Crippen LogP contribution is -1.90. The van der Waals surface area contributed by atoms with E-state index in [1.165, 1.54) is 30.9 Å². The smallest absolute Gasteiger partial charge is 0.167 e. The molecule has 0 heterocycles. The summed E-state index contributed by atoms with van der Waals surface area (Å²) in [6.07, 6.45) is 4.62. The van der Waals surface area contributed by atoms with Crippen molar-refractivity contribution in [1.29, 1.82) is 0 Å². The molecular weight excluding hydrogens is 242 g/mol. The largest absolute Gasteiger partial charge is 0.203 e. The number of aryl methyl sites for hydroxylation is 1. The van der Waals surface area contributed by atoms with Gasteiger partial charge in [-0.1, -0.05) is 56.2 Å². The highest BCUT2D eigenvalue weighted by Crippen LogP contribution is 2.24. The Morgan fingerprint density at radius 2 is 1.74 bits per heavy atom. The maximum atomic E-state index is 13.6. The van der Waals surface area contributed by atoms with Gasteiger partial charge in [0.2, 0.25) is 0 Å². The SMILES string of the molecule is CCCCCc1ccc(-c2cc[c]c(F)c2F)cc1. The van der Waals surface area contributed by atoms with Crippen LogP contribution in [0.2, 0.25) is 0 Å². The van der Waals surface area contributed by atoms with Gasteiger partial charge < -0.3 is 0 Å². The minimum absolute atomic E-state index is 0.288. The standard InChI is InChI=1S/C17H17F2/c1-2-3-4-6-13-9-11-14(12-10-13)15-7-5-8-16(18)17(15)19/h5,7,9-12H,2-4,6H2,1H3. The van der Waals surface area contributed by atoms with E-state index in [1.54, 1.807) is 6.07 Å². The van der Waals surface area contributed by atoms with E-state index < -0.39 is 11.6 Å². The van der Waals surface area contributed by atoms with Crippen LogP contribution in [0.5, 0.6) is 0 Å². The molecule has 0 amide bonds. The zero-order chi connectivity index (χ0) is 13.7. The van der Waals surface area contributed by atoms with Crippen LogP contribution >= 0.6 is 0 Å². The molecule has 0 aliphatic heterocycles. The monoisotopic (exact) mass is 259 g/mol. The summed E-state index contributed by atoms with van der Waals surface area (Å²) >= 11 is 0. The molecule has 2 aromatic carbocycles. The maximum Gasteiger partial charge on any atom is 0.167 e. The summed E-state index contributed by atoms with van der Waals surface area (Å²) in [5.74, 6) is -1.76. The third-order valence-electron chi connectivity index (χ3n) is 3.22. The van der Waals surface area contributed by atoms with Gasteiger partial charge in [-0.3, -0.25) is 0 Å². The summed E-state index contributed by atoms with van der Waals surface area (Å²) in [5, 5.41) is 0. The fourth-order valence-corrected chi connectivity index (χ4v) is 2.11. The van der Waals surface area contributed by atoms with Crippen LogP contribution in [-0.2, 0) is 6.42 Å². The molecule has 0 atom stereocenters. The number of hydrogen-bond acceptors (Lipinski definition) is 0. The van der Waals surface area contributed by atoms with Crippen molar-refractivity contribution in [2.75, 3.05) is 0 Å². The second-order valence-corrected chi connectivity index (χ2v) is 4.67. The highest BCUT2D eigenvalue weighted by molar-refractivity contribution is 5.64. The van der Waals surface area contributed by atoms with Gasteiger partial charge in [-0.05, 0) is 24.0 Å². The van der Waals surface area contributed by atoms with Crippen molar-refractivity contribution in [2.45, 2.75) is 32.6 Å². The third-order valence-corrected chi connectivity index (χ3v) is 3.22. The Kier molecular flexibility index (Phi) is 4.67. The Balaban J connectivity index is 2.16. The molecule has 0 saturated heterocycles. The van der Waals surface area contributed by atoms with E-state index in [4.69, 9.17) is 0 Å². The molecule has 2 heteroatoms. The Hall–Kier alpha value is -1.70. The average molecular weight is 259 g/mol. The van der Waals surface area contributed by atoms with Crippen molar-refractivity contribution >= 4 is 0 Å². The van der Waals surface area contributed by atoms with Gasteiger partial charge in [0, 0.05) is 11.6 Å². The summed E-state index contributed by atoms with van der Waals surface area (Å²) in [5.41, 5.74) is 2.22. The van der Waals surface area contributed by atoms with Crippen molar-refractivity contribution in [3.63, 3.8) is 0 Å². The predicted molar refractivity (Wildman–Crippen MR) is 73.9 cm³/mol. The zero-order valence-electron chi connectivity index (χ0n) is 11.0. The highest BCUT2D eigenvalue weighted by atomic mass is 19.2. The van der Waals surface area contributed by atoms with E-state index in [0.717, 1.165) is 6.42 Å². The van der Waals surface area contributed by atoms with E-state index >= 15 is 0 Å². The van der Waals surface area contributed by atoms with Crippen LogP contribution in [0.25, 0.3) is 11.1 Å². The topological polar surface area (TPSA) is 0 Å². The fourth-order valence-electron chi connectivity index (χ4n) is 2.11. The van der Waals surface area contributed by atoms with Crippen molar-refractivity contribution in [1.82, 2.24) is 0 Å². The third kappa shape index (κ3) is 3.40. The molecule has 0 aliphatic rings. The Morgan fingerprint density at radius 3 is 2.42 bits per heavy atom. The first-order valence-corrected chi connectivity index (χ1v) is 6.67. The van der Waals surface area contributed by atoms with Crippen molar-refractivity contribution in [3.05, 3.63) is 59.7 Å². The number of hydrogen-bond donors (Lipinski definition) is 0. The molecule has 0 nitrogen and oxygen atoms in total. The second kappa shape index (κ2) is 6.46. The molecule has 99 valence electrons. The van der Waals surface area contributed by atoms with Crippen LogP contribution in [0.3, 0.4) is 0 Å². The number of benzene rings is 2. The minimum Gasteiger partial charge on any atom is -0.203 e. The fraction of sp³-hybridized carbons (Fsp3) is 0.294. The van der Waals surface area contributed by atoms with Crippen molar-refractivity contribution in [3.8, 4) is 11.1 Å². The number of unbranched alkanes of at least 4 members (excludes halogenated alkanes) is 2. The van der Waals surface area contributed by atoms with Crippen LogP contribution in [0.4, 0.5) is 8.78 Å². The highest BCUT2D eigenvalue weighted by Gasteiger charge is 2.09. The molecule has 1 radical (unpaired) electrons. The first-order valence-electron chi connectivity index (χ1n) is 6.67. The lowest BCUT2D eigenvalue weighted by Gasteiger charge is -2.06. The average Bonchev–Trinajstić information content (AvgIpc) is 2.43. The summed E-state index contributed by atoms with van der Waals surface area (Å²) < 4.78 is 26.7. The van der Waals surface area contributed by atoms with Gasteiger partial charge in [-0.15, -0.1) is 0 Å². The lowest BCUT2D eigenvalue weighted by molar-refractivity contribution is 0.509. The van der Waals surface area contributed by atoms with Crippen LogP contribution in [0, 0.1) is 17.7 Å². The van der Waals surface area contributed by atoms with Gasteiger partial charge in [0.05, 0.1) is 0 Å². The van der Waals surface area contributed by atoms with E-state index in [-0.39, 0.29) is 5.56 Å². The molecule has 0 spiro atoms. The molecule has 19 heavy (non-hydrogen) atoms. The van der Waals surface area contributed by atoms with Gasteiger partial charge in [-0.25, -0.2) is 8.78 Å². The minimum atomic E-state index is -0.926. The Labute approximate surface area is 113 Å². The van der Waals surface area contributed by atoms with E-state index in [1.807, 2.05) is 24.3 Å². The molecule has 0 aliphatic carbocycles. The normalized spacial score (nSPS) is 10.7. The first kappa shape index (κ1) is 13.7. The van der Waals surface area contributed by atoms with Gasteiger partial charge in [-0.2, -0.15) is 0 Å². The molecule has 0 saturated carbocycles. The van der Waals surface area contributed by atoms with Gasteiger partial charge in [0.15, 0.2) is 11.6 Å². The zero-order valence-corrected chi connectivity index (χ0v) is 11.0. The number of rotatable bonds is 5. The van der Waals surface area contributed by atoms with Crippen LogP contribution in [0.15, 0.2) is 36.4 Å². The van der Waals surface area contributed by atoms with Crippen LogP contribution in [0.1, 0.15) is 31.7 Å². The van der Waals surface area contributed by atoms with Crippen LogP contribution in [-0.4, -0.2) is 0 Å². The molecule has 0 unspecified atom stereocenters. The van der Waals surface area contributed by atoms with Gasteiger partial charge >= 0.3 is 0 Å². The van der Waals surface area contributed by atoms with Crippen molar-refractivity contribution in [2.24, 2.45) is 0 Å². The summed E-state index contributed by atoms with van der Waals surface area (Å²) in [6.45, 7) is 2.17. The summed E-state index contributed by atoms with van der Waals surface area (Å²) in [6, 6.07) is 12.8. The van der Waals surface area contributed by atoms with E-state index in [9.17, 15) is 8.78 Å². The maximum absolute atomic E-state index is 13.6. The first-order chi connectivity index (χ1) is 9.22. The molecule has 0 fully saturated rings. The van der Waals surface area contributed by atoms with Crippen LogP contribution < -0.4 is 0 Å². The summed E-state index contributed by atoms with van der Waals surface area (Å²) in [7, 11) is 0. The quantitative estimate of drug-likeness (QED) is 0.650. The number of halogens is 2. The molecule has 2 rings (SSSR count). The van der Waals surface area contributed by atoms with Gasteiger partial charge in [0.25, 0.3) is 0 Å². The predicted octanol–water partition coefficient (Wildman–Crippen LogP) is 5.16. The van der Waals surface area contributed by atoms with Crippen molar-refractivity contribution < 1.29 is 8.78 Å². The van der Waals surface area contributed by atoms with Gasteiger partial charge in [0.1, 0.15) is 0 Å². The van der Waals surface area contributed by atoms with E-state index in [2.05, 4.69) is 13.0 Å². The second-order valence-electron chi connectivity index (χ2n) is 4.67. The summed E-state index contributed by atoms with van der Waals surface area (Å²) in [4.78, 5) is 0. The van der Waals surface area contributed by atoms with E-state index in [0.29, 0.717) is 5.56 Å². The lowest BCUT2D eigenvalue weighted by atomic mass is 10.0. The molecule has 0 N–H and O–H groups in total.